The number of ether oxygens (including phenoxy) is 1. The molecular weight excluding hydrogens is 388 g/mol. The number of hydrogen-bond donors (Lipinski definition) is 1. The summed E-state index contributed by atoms with van der Waals surface area (Å²) in [5, 5.41) is 3.89. The number of benzene rings is 1. The van der Waals surface area contributed by atoms with Crippen LogP contribution in [0.2, 0.25) is 0 Å². The summed E-state index contributed by atoms with van der Waals surface area (Å²) in [5.74, 6) is -0.301. The first-order valence-corrected chi connectivity index (χ1v) is 11.2. The average molecular weight is 415 g/mol. The highest BCUT2D eigenvalue weighted by Crippen LogP contribution is 2.37. The molecule has 2 aromatic rings. The molecule has 6 nitrogen and oxygen atoms in total. The zero-order valence-corrected chi connectivity index (χ0v) is 17.4. The lowest BCUT2D eigenvalue weighted by Gasteiger charge is -2.34. The van der Waals surface area contributed by atoms with Crippen LogP contribution in [0, 0.1) is 5.92 Å². The number of amides is 2. The third-order valence-electron chi connectivity index (χ3n) is 5.92. The van der Waals surface area contributed by atoms with Crippen LogP contribution in [0.4, 0.5) is 5.69 Å². The van der Waals surface area contributed by atoms with Gasteiger partial charge in [0.05, 0.1) is 12.3 Å². The number of nitrogens with zero attached hydrogens (tertiary/aromatic N) is 1. The van der Waals surface area contributed by atoms with Gasteiger partial charge in [-0.15, -0.1) is 11.3 Å². The van der Waals surface area contributed by atoms with Crippen molar-refractivity contribution in [2.45, 2.75) is 51.5 Å². The van der Waals surface area contributed by atoms with Gasteiger partial charge in [-0.2, -0.15) is 0 Å². The van der Waals surface area contributed by atoms with E-state index in [9.17, 15) is 14.4 Å². The minimum Gasteiger partial charge on any atom is -0.462 e. The first kappa shape index (κ1) is 19.9. The van der Waals surface area contributed by atoms with E-state index in [1.807, 2.05) is 29.2 Å². The molecule has 2 fully saturated rings. The lowest BCUT2D eigenvalue weighted by Crippen LogP contribution is -2.40. The molecule has 1 saturated carbocycles. The zero-order chi connectivity index (χ0) is 20.4. The second-order valence-electron chi connectivity index (χ2n) is 7.71. The van der Waals surface area contributed by atoms with Crippen molar-refractivity contribution in [3.8, 4) is 0 Å². The molecule has 1 aromatic heterocycles. The summed E-state index contributed by atoms with van der Waals surface area (Å²) >= 11 is 1.34. The monoisotopic (exact) mass is 414 g/mol. The van der Waals surface area contributed by atoms with Crippen LogP contribution in [0.3, 0.4) is 0 Å². The Kier molecular flexibility index (Phi) is 5.85. The first-order valence-electron chi connectivity index (χ1n) is 10.4. The van der Waals surface area contributed by atoms with Gasteiger partial charge in [0.15, 0.2) is 0 Å². The van der Waals surface area contributed by atoms with Gasteiger partial charge in [-0.05, 0) is 45.1 Å². The predicted molar refractivity (Wildman–Crippen MR) is 113 cm³/mol. The van der Waals surface area contributed by atoms with Crippen LogP contribution in [0.5, 0.6) is 0 Å². The van der Waals surface area contributed by atoms with Gasteiger partial charge in [-0.25, -0.2) is 4.79 Å². The van der Waals surface area contributed by atoms with Gasteiger partial charge in [-0.3, -0.25) is 9.59 Å². The maximum Gasteiger partial charge on any atom is 0.350 e. The second kappa shape index (κ2) is 8.53. The van der Waals surface area contributed by atoms with E-state index in [0.717, 1.165) is 48.7 Å². The molecule has 29 heavy (non-hydrogen) atoms. The van der Waals surface area contributed by atoms with Crippen LogP contribution in [-0.2, 0) is 14.3 Å². The van der Waals surface area contributed by atoms with E-state index in [2.05, 4.69) is 5.32 Å². The van der Waals surface area contributed by atoms with Crippen LogP contribution < -0.4 is 5.32 Å². The minimum atomic E-state index is -0.403. The van der Waals surface area contributed by atoms with E-state index in [1.165, 1.54) is 11.3 Å². The van der Waals surface area contributed by atoms with Gasteiger partial charge in [0, 0.05) is 35.0 Å². The maximum absolute atomic E-state index is 13.0. The number of carbonyl (C=O) groups excluding carboxylic acids is 3. The van der Waals surface area contributed by atoms with Crippen molar-refractivity contribution in [2.75, 3.05) is 18.5 Å². The highest BCUT2D eigenvalue weighted by molar-refractivity contribution is 7.21. The normalized spacial score (nSPS) is 22.1. The highest BCUT2D eigenvalue weighted by Gasteiger charge is 2.34. The number of likely N-dealkylation sites (tertiary alicyclic amines) is 1. The number of esters is 1. The van der Waals surface area contributed by atoms with Crippen molar-refractivity contribution in [2.24, 2.45) is 5.92 Å². The largest absolute Gasteiger partial charge is 0.462 e. The lowest BCUT2D eigenvalue weighted by molar-refractivity contribution is -0.130. The molecule has 1 N–H and O–H groups in total. The van der Waals surface area contributed by atoms with Crippen molar-refractivity contribution in [1.29, 1.82) is 0 Å². The van der Waals surface area contributed by atoms with E-state index >= 15 is 0 Å². The summed E-state index contributed by atoms with van der Waals surface area (Å²) in [4.78, 5) is 39.8. The van der Waals surface area contributed by atoms with Crippen molar-refractivity contribution in [3.05, 3.63) is 29.1 Å². The molecular formula is C22H26N2O4S. The van der Waals surface area contributed by atoms with E-state index < -0.39 is 5.97 Å². The molecule has 2 heterocycles. The number of anilines is 1. The Labute approximate surface area is 174 Å². The SMILES string of the molecule is CCOC(=O)c1sc2ccccc2c1NC(=O)[C@H]1CC[C@H](N2CCCC2=O)CC1. The Hall–Kier alpha value is -2.41. The summed E-state index contributed by atoms with van der Waals surface area (Å²) in [7, 11) is 0. The smallest absolute Gasteiger partial charge is 0.350 e. The van der Waals surface area contributed by atoms with Crippen molar-refractivity contribution in [1.82, 2.24) is 4.90 Å². The first-order chi connectivity index (χ1) is 14.1. The topological polar surface area (TPSA) is 75.7 Å². The van der Waals surface area contributed by atoms with Gasteiger partial charge >= 0.3 is 5.97 Å². The van der Waals surface area contributed by atoms with Crippen LogP contribution in [-0.4, -0.2) is 41.9 Å². The number of fused-ring (bicyclic) bond motifs is 1. The third kappa shape index (κ3) is 4.01. The highest BCUT2D eigenvalue weighted by atomic mass is 32.1. The van der Waals surface area contributed by atoms with Crippen LogP contribution in [0.25, 0.3) is 10.1 Å². The Morgan fingerprint density at radius 1 is 1.21 bits per heavy atom. The maximum atomic E-state index is 13.0. The van der Waals surface area contributed by atoms with Crippen molar-refractivity contribution >= 4 is 44.9 Å². The average Bonchev–Trinajstić information content (AvgIpc) is 3.32. The number of nitrogens with one attached hydrogen (secondary N) is 1. The standard InChI is InChI=1S/C22H26N2O4S/c1-2-28-22(27)20-19(16-6-3-4-7-17(16)29-20)23-21(26)14-9-11-15(12-10-14)24-13-5-8-18(24)25/h3-4,6-7,14-15H,2,5,8-13H2,1H3,(H,23,26)/t14-,15-. The van der Waals surface area contributed by atoms with Gasteiger partial charge < -0.3 is 15.0 Å². The van der Waals surface area contributed by atoms with E-state index in [1.54, 1.807) is 6.92 Å². The Balaban J connectivity index is 1.47. The molecule has 1 aliphatic heterocycles. The molecule has 2 amide bonds. The zero-order valence-electron chi connectivity index (χ0n) is 16.6. The summed E-state index contributed by atoms with van der Waals surface area (Å²) in [6, 6.07) is 7.95. The number of hydrogen-bond acceptors (Lipinski definition) is 5. The fourth-order valence-corrected chi connectivity index (χ4v) is 5.49. The molecule has 7 heteroatoms. The molecule has 0 bridgehead atoms. The van der Waals surface area contributed by atoms with Crippen molar-refractivity contribution in [3.63, 3.8) is 0 Å². The minimum absolute atomic E-state index is 0.0506. The summed E-state index contributed by atoms with van der Waals surface area (Å²) in [6.45, 7) is 2.91. The molecule has 0 radical (unpaired) electrons. The van der Waals surface area contributed by atoms with Gasteiger partial charge in [0.25, 0.3) is 0 Å². The van der Waals surface area contributed by atoms with Crippen molar-refractivity contribution < 1.29 is 19.1 Å². The number of thiophene rings is 1. The fourth-order valence-electron chi connectivity index (χ4n) is 4.44. The molecule has 2 aliphatic rings. The summed E-state index contributed by atoms with van der Waals surface area (Å²) < 4.78 is 6.14. The Morgan fingerprint density at radius 2 is 1.97 bits per heavy atom. The number of rotatable bonds is 5. The molecule has 0 unspecified atom stereocenters. The molecule has 1 aromatic carbocycles. The molecule has 154 valence electrons. The van der Waals surface area contributed by atoms with Gasteiger partial charge in [0.2, 0.25) is 11.8 Å². The molecule has 1 saturated heterocycles. The van der Waals surface area contributed by atoms with Gasteiger partial charge in [0.1, 0.15) is 4.88 Å². The van der Waals surface area contributed by atoms with Crippen LogP contribution in [0.1, 0.15) is 55.1 Å². The summed E-state index contributed by atoms with van der Waals surface area (Å²) in [6.07, 6.45) is 4.84. The van der Waals surface area contributed by atoms with E-state index in [0.29, 0.717) is 23.6 Å². The Morgan fingerprint density at radius 3 is 2.66 bits per heavy atom. The van der Waals surface area contributed by atoms with Crippen LogP contribution >= 0.6 is 11.3 Å². The second-order valence-corrected chi connectivity index (χ2v) is 8.76. The lowest BCUT2D eigenvalue weighted by atomic mass is 9.84. The quantitative estimate of drug-likeness (QED) is 0.744. The van der Waals surface area contributed by atoms with Gasteiger partial charge in [-0.1, -0.05) is 18.2 Å². The summed E-state index contributed by atoms with van der Waals surface area (Å²) in [5.41, 5.74) is 0.561. The Bertz CT molecular complexity index is 930. The van der Waals surface area contributed by atoms with Crippen LogP contribution in [0.15, 0.2) is 24.3 Å². The third-order valence-corrected chi connectivity index (χ3v) is 7.07. The molecule has 0 spiro atoms. The predicted octanol–water partition coefficient (Wildman–Crippen LogP) is 4.20. The molecule has 1 aliphatic carbocycles. The van der Waals surface area contributed by atoms with E-state index in [-0.39, 0.29) is 23.8 Å². The fraction of sp³-hybridized carbons (Fsp3) is 0.500. The number of carbonyl (C=O) groups is 3. The van der Waals surface area contributed by atoms with E-state index in [4.69, 9.17) is 4.74 Å². The molecule has 0 atom stereocenters. The molecule has 4 rings (SSSR count).